The molecule has 27 heavy (non-hydrogen) atoms. The van der Waals surface area contributed by atoms with Gasteiger partial charge in [0, 0.05) is 24.8 Å². The van der Waals surface area contributed by atoms with E-state index >= 15 is 0 Å². The second-order valence-corrected chi connectivity index (χ2v) is 8.39. The van der Waals surface area contributed by atoms with E-state index in [2.05, 4.69) is 10.3 Å². The van der Waals surface area contributed by atoms with Crippen molar-refractivity contribution in [1.82, 2.24) is 9.29 Å². The van der Waals surface area contributed by atoms with Gasteiger partial charge in [0.2, 0.25) is 10.0 Å². The maximum Gasteiger partial charge on any atom is 0.255 e. The lowest BCUT2D eigenvalue weighted by Crippen LogP contribution is -2.48. The number of hydrogen-bond donors (Lipinski definition) is 2. The fourth-order valence-corrected chi connectivity index (χ4v) is 4.53. The van der Waals surface area contributed by atoms with Crippen LogP contribution in [0.4, 0.5) is 5.69 Å². The third-order valence-corrected chi connectivity index (χ3v) is 6.03. The van der Waals surface area contributed by atoms with Crippen LogP contribution in [-0.4, -0.2) is 54.0 Å². The second-order valence-electron chi connectivity index (χ2n) is 6.45. The van der Waals surface area contributed by atoms with Gasteiger partial charge in [0.05, 0.1) is 29.0 Å². The molecule has 0 unspecified atom stereocenters. The van der Waals surface area contributed by atoms with Crippen molar-refractivity contribution in [3.63, 3.8) is 0 Å². The summed E-state index contributed by atoms with van der Waals surface area (Å²) in [5.74, 6) is -0.616. The van der Waals surface area contributed by atoms with E-state index in [-0.39, 0.29) is 47.2 Å². The number of carbonyl (C=O) groups is 1. The van der Waals surface area contributed by atoms with Gasteiger partial charge in [-0.05, 0) is 44.2 Å². The van der Waals surface area contributed by atoms with Crippen LogP contribution in [0.3, 0.4) is 0 Å². The summed E-state index contributed by atoms with van der Waals surface area (Å²) < 4.78 is 32.6. The van der Waals surface area contributed by atoms with Gasteiger partial charge < -0.3 is 15.2 Å². The summed E-state index contributed by atoms with van der Waals surface area (Å²) in [5.41, 5.74) is 0.497. The van der Waals surface area contributed by atoms with Crippen LogP contribution in [0.15, 0.2) is 47.6 Å². The van der Waals surface area contributed by atoms with Gasteiger partial charge in [0.1, 0.15) is 0 Å². The van der Waals surface area contributed by atoms with E-state index in [4.69, 9.17) is 4.74 Å². The average Bonchev–Trinajstić information content (AvgIpc) is 2.63. The van der Waals surface area contributed by atoms with Crippen molar-refractivity contribution in [3.05, 3.63) is 48.3 Å². The predicted octanol–water partition coefficient (Wildman–Crippen LogP) is 1.84. The Hall–Kier alpha value is -2.49. The summed E-state index contributed by atoms with van der Waals surface area (Å²) in [4.78, 5) is 16.2. The largest absolute Gasteiger partial charge is 0.504 e. The van der Waals surface area contributed by atoms with Crippen molar-refractivity contribution in [2.45, 2.75) is 31.0 Å². The lowest BCUT2D eigenvalue weighted by atomic mass is 10.2. The minimum absolute atomic E-state index is 0.118. The highest BCUT2D eigenvalue weighted by atomic mass is 32.2. The number of rotatable bonds is 4. The maximum absolute atomic E-state index is 12.8. The summed E-state index contributed by atoms with van der Waals surface area (Å²) in [7, 11) is -3.66. The molecule has 3 rings (SSSR count). The molecule has 0 bridgehead atoms. The number of ether oxygens (including phenoxy) is 1. The van der Waals surface area contributed by atoms with Crippen molar-refractivity contribution >= 4 is 21.6 Å². The Bertz CT molecular complexity index is 920. The minimum Gasteiger partial charge on any atom is -0.504 e. The Balaban J connectivity index is 1.76. The van der Waals surface area contributed by atoms with Crippen LogP contribution in [0.5, 0.6) is 5.75 Å². The lowest BCUT2D eigenvalue weighted by molar-refractivity contribution is -0.0440. The fourth-order valence-electron chi connectivity index (χ4n) is 2.94. The van der Waals surface area contributed by atoms with Crippen LogP contribution in [0.2, 0.25) is 0 Å². The van der Waals surface area contributed by atoms with Gasteiger partial charge >= 0.3 is 0 Å². The number of benzene rings is 1. The third kappa shape index (κ3) is 4.26. The molecule has 2 heterocycles. The quantitative estimate of drug-likeness (QED) is 0.823. The molecule has 2 aromatic rings. The summed E-state index contributed by atoms with van der Waals surface area (Å²) in [6.07, 6.45) is 2.30. The number of nitrogens with one attached hydrogen (secondary N) is 1. The smallest absolute Gasteiger partial charge is 0.255 e. The monoisotopic (exact) mass is 391 g/mol. The Morgan fingerprint density at radius 3 is 2.41 bits per heavy atom. The Morgan fingerprint density at radius 2 is 1.81 bits per heavy atom. The topological polar surface area (TPSA) is 109 Å². The van der Waals surface area contributed by atoms with Crippen molar-refractivity contribution in [2.75, 3.05) is 18.4 Å². The molecule has 8 nitrogen and oxygen atoms in total. The molecule has 0 radical (unpaired) electrons. The maximum atomic E-state index is 12.8. The van der Waals surface area contributed by atoms with Crippen LogP contribution in [0.25, 0.3) is 0 Å². The number of aromatic nitrogens is 1. The zero-order chi connectivity index (χ0) is 19.6. The first-order chi connectivity index (χ1) is 12.8. The van der Waals surface area contributed by atoms with E-state index < -0.39 is 15.9 Å². The van der Waals surface area contributed by atoms with Gasteiger partial charge in [-0.25, -0.2) is 8.42 Å². The summed E-state index contributed by atoms with van der Waals surface area (Å²) in [6.45, 7) is 4.24. The molecule has 0 spiro atoms. The van der Waals surface area contributed by atoms with Crippen LogP contribution in [0, 0.1) is 0 Å². The number of morpholine rings is 1. The molecule has 1 aliphatic heterocycles. The highest BCUT2D eigenvalue weighted by molar-refractivity contribution is 7.89. The Kier molecular flexibility index (Phi) is 5.45. The molecular weight excluding hydrogens is 370 g/mol. The number of pyridine rings is 1. The summed E-state index contributed by atoms with van der Waals surface area (Å²) >= 11 is 0. The summed E-state index contributed by atoms with van der Waals surface area (Å²) in [5, 5.41) is 12.2. The number of anilines is 1. The first-order valence-corrected chi connectivity index (χ1v) is 9.91. The second kappa shape index (κ2) is 7.63. The van der Waals surface area contributed by atoms with Crippen LogP contribution in [0.1, 0.15) is 24.2 Å². The van der Waals surface area contributed by atoms with Gasteiger partial charge in [-0.3, -0.25) is 9.78 Å². The normalized spacial score (nSPS) is 21.0. The highest BCUT2D eigenvalue weighted by Gasteiger charge is 2.32. The average molecular weight is 391 g/mol. The van der Waals surface area contributed by atoms with E-state index in [0.29, 0.717) is 0 Å². The van der Waals surface area contributed by atoms with Gasteiger partial charge in [0.25, 0.3) is 5.91 Å². The predicted molar refractivity (Wildman–Crippen MR) is 99.1 cm³/mol. The molecule has 1 fully saturated rings. The van der Waals surface area contributed by atoms with Crippen molar-refractivity contribution in [1.29, 1.82) is 0 Å². The number of carbonyl (C=O) groups excluding carboxylic acids is 1. The van der Waals surface area contributed by atoms with Crippen LogP contribution < -0.4 is 5.32 Å². The first kappa shape index (κ1) is 19.3. The van der Waals surface area contributed by atoms with Gasteiger partial charge in [-0.2, -0.15) is 4.31 Å². The fraction of sp³-hybridized carbons (Fsp3) is 0.333. The molecule has 1 aromatic heterocycles. The van der Waals surface area contributed by atoms with Crippen molar-refractivity contribution < 1.29 is 23.1 Å². The van der Waals surface area contributed by atoms with Gasteiger partial charge in [0.15, 0.2) is 5.75 Å². The molecule has 2 atom stereocenters. The zero-order valence-corrected chi connectivity index (χ0v) is 15.8. The standard InChI is InChI=1S/C18H21N3O5S/c1-12-10-21(11-13(2)26-12)27(24,25)15-5-3-14(4-6-15)18(23)20-16-7-8-19-9-17(16)22/h3-9,12-13,22H,10-11H2,1-2H3,(H,19,20,23)/t12-,13+. The van der Waals surface area contributed by atoms with Crippen LogP contribution >= 0.6 is 0 Å². The summed E-state index contributed by atoms with van der Waals surface area (Å²) in [6, 6.07) is 7.15. The molecule has 0 saturated carbocycles. The third-order valence-electron chi connectivity index (χ3n) is 4.19. The van der Waals surface area contributed by atoms with E-state index in [9.17, 15) is 18.3 Å². The number of sulfonamides is 1. The highest BCUT2D eigenvalue weighted by Crippen LogP contribution is 2.23. The molecule has 1 aromatic carbocycles. The minimum atomic E-state index is -3.66. The molecule has 1 saturated heterocycles. The van der Waals surface area contributed by atoms with Crippen molar-refractivity contribution in [2.24, 2.45) is 0 Å². The van der Waals surface area contributed by atoms with Gasteiger partial charge in [-0.15, -0.1) is 0 Å². The van der Waals surface area contributed by atoms with E-state index in [1.54, 1.807) is 0 Å². The molecule has 144 valence electrons. The number of amides is 1. The number of nitrogens with zero attached hydrogens (tertiary/aromatic N) is 2. The van der Waals surface area contributed by atoms with E-state index in [0.717, 1.165) is 0 Å². The van der Waals surface area contributed by atoms with E-state index in [1.165, 1.54) is 47.0 Å². The lowest BCUT2D eigenvalue weighted by Gasteiger charge is -2.34. The SMILES string of the molecule is C[C@@H]1CN(S(=O)(=O)c2ccc(C(=O)Nc3ccncc3O)cc2)C[C@H](C)O1. The van der Waals surface area contributed by atoms with Crippen LogP contribution in [-0.2, 0) is 14.8 Å². The van der Waals surface area contributed by atoms with Gasteiger partial charge in [-0.1, -0.05) is 0 Å². The van der Waals surface area contributed by atoms with Crippen molar-refractivity contribution in [3.8, 4) is 5.75 Å². The number of hydrogen-bond acceptors (Lipinski definition) is 6. The molecule has 9 heteroatoms. The zero-order valence-electron chi connectivity index (χ0n) is 15.0. The van der Waals surface area contributed by atoms with E-state index in [1.807, 2.05) is 13.8 Å². The molecular formula is C18H21N3O5S. The number of aromatic hydroxyl groups is 1. The Labute approximate surface area is 157 Å². The molecule has 1 amide bonds. The molecule has 0 aliphatic carbocycles. The Morgan fingerprint density at radius 1 is 1.19 bits per heavy atom. The molecule has 2 N–H and O–H groups in total. The molecule has 1 aliphatic rings. The first-order valence-electron chi connectivity index (χ1n) is 8.47.